The molecule has 0 bridgehead atoms. The number of hydrogen-bond acceptors (Lipinski definition) is 3. The van der Waals surface area contributed by atoms with Crippen LogP contribution in [0.3, 0.4) is 0 Å². The second kappa shape index (κ2) is 4.38. The summed E-state index contributed by atoms with van der Waals surface area (Å²) in [6.45, 7) is 1.65. The summed E-state index contributed by atoms with van der Waals surface area (Å²) in [7, 11) is 0. The summed E-state index contributed by atoms with van der Waals surface area (Å²) in [4.78, 5) is 9.90. The summed E-state index contributed by atoms with van der Waals surface area (Å²) >= 11 is 1.26. The van der Waals surface area contributed by atoms with Crippen LogP contribution in [0.15, 0.2) is 0 Å². The van der Waals surface area contributed by atoms with Gasteiger partial charge in [-0.3, -0.25) is 10.2 Å². The lowest BCUT2D eigenvalue weighted by Gasteiger charge is -1.92. The fourth-order valence-corrected chi connectivity index (χ4v) is 0.874. The van der Waals surface area contributed by atoms with Crippen molar-refractivity contribution < 1.29 is 9.90 Å². The number of rotatable bonds is 3. The van der Waals surface area contributed by atoms with E-state index in [4.69, 9.17) is 10.5 Å². The van der Waals surface area contributed by atoms with Crippen molar-refractivity contribution in [2.24, 2.45) is 0 Å². The molecule has 9 heavy (non-hydrogen) atoms. The maximum absolute atomic E-state index is 9.90. The zero-order valence-corrected chi connectivity index (χ0v) is 5.99. The molecular weight excluding hydrogens is 138 g/mol. The van der Waals surface area contributed by atoms with Crippen LogP contribution in [0.2, 0.25) is 0 Å². The average molecular weight is 147 g/mol. The Labute approximate surface area is 58.0 Å². The van der Waals surface area contributed by atoms with Crippen molar-refractivity contribution in [3.63, 3.8) is 0 Å². The molecule has 0 heterocycles. The van der Waals surface area contributed by atoms with E-state index in [-0.39, 0.29) is 6.42 Å². The Bertz CT molecular complexity index is 110. The highest BCUT2D eigenvalue weighted by molar-refractivity contribution is 8.13. The predicted octanol–water partition coefficient (Wildman–Crippen LogP) is 1.19. The lowest BCUT2D eigenvalue weighted by Crippen LogP contribution is -1.97. The number of aliphatic carboxylic acids is 1. The van der Waals surface area contributed by atoms with Gasteiger partial charge in [0.1, 0.15) is 0 Å². The van der Waals surface area contributed by atoms with Gasteiger partial charge in [0.25, 0.3) is 0 Å². The van der Waals surface area contributed by atoms with Gasteiger partial charge in [-0.2, -0.15) is 0 Å². The normalized spacial score (nSPS) is 9.00. The number of carboxylic acids is 1. The molecule has 0 spiro atoms. The van der Waals surface area contributed by atoms with E-state index in [1.807, 2.05) is 0 Å². The van der Waals surface area contributed by atoms with E-state index in [1.54, 1.807) is 6.92 Å². The van der Waals surface area contributed by atoms with Crippen molar-refractivity contribution in [1.82, 2.24) is 0 Å². The minimum Gasteiger partial charge on any atom is -0.481 e. The molecule has 0 aromatic carbocycles. The van der Waals surface area contributed by atoms with Crippen molar-refractivity contribution in [1.29, 1.82) is 5.41 Å². The molecule has 0 aliphatic rings. The van der Waals surface area contributed by atoms with Crippen LogP contribution in [-0.2, 0) is 4.79 Å². The smallest absolute Gasteiger partial charge is 0.304 e. The first-order valence-corrected chi connectivity index (χ1v) is 3.51. The number of carboxylic acid groups (broad SMARTS) is 1. The Balaban J connectivity index is 3.10. The molecule has 0 fully saturated rings. The maximum atomic E-state index is 9.90. The highest BCUT2D eigenvalue weighted by Gasteiger charge is 1.95. The molecule has 0 saturated carbocycles. The first-order chi connectivity index (χ1) is 4.13. The van der Waals surface area contributed by atoms with Gasteiger partial charge in [-0.05, 0) is 6.92 Å². The number of nitrogens with one attached hydrogen (secondary N) is 1. The SMILES string of the molecule is CC(=N)SCCC(=O)O. The largest absolute Gasteiger partial charge is 0.481 e. The second-order valence-electron chi connectivity index (χ2n) is 1.55. The molecule has 0 aliphatic carbocycles. The summed E-state index contributed by atoms with van der Waals surface area (Å²) in [5.74, 6) is -0.297. The fourth-order valence-electron chi connectivity index (χ4n) is 0.291. The Morgan fingerprint density at radius 3 is 2.67 bits per heavy atom. The van der Waals surface area contributed by atoms with E-state index in [0.717, 1.165) is 0 Å². The quantitative estimate of drug-likeness (QED) is 0.465. The number of thioether (sulfide) groups is 1. The van der Waals surface area contributed by atoms with E-state index in [2.05, 4.69) is 0 Å². The highest BCUT2D eigenvalue weighted by Crippen LogP contribution is 2.02. The van der Waals surface area contributed by atoms with Crippen molar-refractivity contribution in [3.05, 3.63) is 0 Å². The van der Waals surface area contributed by atoms with Crippen LogP contribution in [0.1, 0.15) is 13.3 Å². The van der Waals surface area contributed by atoms with Gasteiger partial charge < -0.3 is 5.11 Å². The van der Waals surface area contributed by atoms with Crippen LogP contribution >= 0.6 is 11.8 Å². The van der Waals surface area contributed by atoms with E-state index in [9.17, 15) is 4.79 Å². The standard InChI is InChI=1S/C5H9NO2S/c1-4(6)9-3-2-5(7)8/h6H,2-3H2,1H3,(H,7,8). The van der Waals surface area contributed by atoms with Gasteiger partial charge in [-0.1, -0.05) is 0 Å². The third kappa shape index (κ3) is 7.49. The van der Waals surface area contributed by atoms with Gasteiger partial charge in [-0.25, -0.2) is 0 Å². The van der Waals surface area contributed by atoms with Gasteiger partial charge in [0.05, 0.1) is 11.5 Å². The minimum absolute atomic E-state index is 0.140. The Hall–Kier alpha value is -0.510. The molecule has 0 rings (SSSR count). The van der Waals surface area contributed by atoms with Crippen LogP contribution in [0.5, 0.6) is 0 Å². The highest BCUT2D eigenvalue weighted by atomic mass is 32.2. The van der Waals surface area contributed by atoms with Crippen LogP contribution < -0.4 is 0 Å². The summed E-state index contributed by atoms with van der Waals surface area (Å²) in [5.41, 5.74) is 0. The fraction of sp³-hybridized carbons (Fsp3) is 0.600. The monoisotopic (exact) mass is 147 g/mol. The molecule has 3 nitrogen and oxygen atoms in total. The van der Waals surface area contributed by atoms with Crippen LogP contribution in [0.25, 0.3) is 0 Å². The van der Waals surface area contributed by atoms with Gasteiger partial charge in [0, 0.05) is 5.75 Å². The van der Waals surface area contributed by atoms with Crippen molar-refractivity contribution in [3.8, 4) is 0 Å². The zero-order chi connectivity index (χ0) is 7.28. The minimum atomic E-state index is -0.802. The van der Waals surface area contributed by atoms with Gasteiger partial charge in [-0.15, -0.1) is 11.8 Å². The first kappa shape index (κ1) is 8.49. The lowest BCUT2D eigenvalue weighted by atomic mass is 10.5. The molecule has 4 heteroatoms. The first-order valence-electron chi connectivity index (χ1n) is 2.52. The van der Waals surface area contributed by atoms with E-state index < -0.39 is 5.97 Å². The summed E-state index contributed by atoms with van der Waals surface area (Å²) in [6, 6.07) is 0. The molecule has 0 aromatic heterocycles. The van der Waals surface area contributed by atoms with Crippen LogP contribution in [0.4, 0.5) is 0 Å². The molecule has 0 saturated heterocycles. The molecule has 52 valence electrons. The lowest BCUT2D eigenvalue weighted by molar-refractivity contribution is -0.136. The molecule has 0 aromatic rings. The number of hydrogen-bond donors (Lipinski definition) is 2. The van der Waals surface area contributed by atoms with Crippen molar-refractivity contribution in [2.75, 3.05) is 5.75 Å². The van der Waals surface area contributed by atoms with E-state index in [1.165, 1.54) is 11.8 Å². The summed E-state index contributed by atoms with van der Waals surface area (Å²) in [5, 5.41) is 15.5. The molecule has 0 amide bonds. The van der Waals surface area contributed by atoms with E-state index >= 15 is 0 Å². The Kier molecular flexibility index (Phi) is 4.13. The Morgan fingerprint density at radius 2 is 2.33 bits per heavy atom. The van der Waals surface area contributed by atoms with Crippen LogP contribution in [0, 0.1) is 5.41 Å². The maximum Gasteiger partial charge on any atom is 0.304 e. The molecule has 0 unspecified atom stereocenters. The topological polar surface area (TPSA) is 61.2 Å². The average Bonchev–Trinajstić information content (AvgIpc) is 1.63. The number of carbonyl (C=O) groups is 1. The third-order valence-corrected chi connectivity index (χ3v) is 1.48. The summed E-state index contributed by atoms with van der Waals surface area (Å²) in [6.07, 6.45) is 0.140. The van der Waals surface area contributed by atoms with Gasteiger partial charge in [0.2, 0.25) is 0 Å². The summed E-state index contributed by atoms with van der Waals surface area (Å²) < 4.78 is 0. The van der Waals surface area contributed by atoms with E-state index in [0.29, 0.717) is 10.8 Å². The zero-order valence-electron chi connectivity index (χ0n) is 5.18. The third-order valence-electron chi connectivity index (χ3n) is 0.634. The van der Waals surface area contributed by atoms with Crippen molar-refractivity contribution >= 4 is 22.8 Å². The molecule has 0 atom stereocenters. The molecule has 0 aliphatic heterocycles. The molecule has 2 N–H and O–H groups in total. The van der Waals surface area contributed by atoms with Gasteiger partial charge in [0.15, 0.2) is 0 Å². The van der Waals surface area contributed by atoms with Crippen molar-refractivity contribution in [2.45, 2.75) is 13.3 Å². The predicted molar refractivity (Wildman–Crippen MR) is 38.1 cm³/mol. The second-order valence-corrected chi connectivity index (χ2v) is 2.86. The van der Waals surface area contributed by atoms with Gasteiger partial charge >= 0.3 is 5.97 Å². The Morgan fingerprint density at radius 1 is 1.78 bits per heavy atom. The molecule has 0 radical (unpaired) electrons. The van der Waals surface area contributed by atoms with Crippen LogP contribution in [-0.4, -0.2) is 21.9 Å². The molecular formula is C5H9NO2S.